The first kappa shape index (κ1) is 57.9. The molecule has 0 amide bonds. The summed E-state index contributed by atoms with van der Waals surface area (Å²) in [5, 5.41) is 34.1. The maximum absolute atomic E-state index is 13.6. The zero-order valence-corrected chi connectivity index (χ0v) is 39.8. The van der Waals surface area contributed by atoms with E-state index in [-0.39, 0.29) is 19.3 Å². The van der Waals surface area contributed by atoms with Gasteiger partial charge in [-0.3, -0.25) is 14.4 Å². The van der Waals surface area contributed by atoms with Gasteiger partial charge in [-0.15, -0.1) is 0 Å². The van der Waals surface area contributed by atoms with Crippen LogP contribution in [0.25, 0.3) is 0 Å². The molecule has 3 unspecified atom stereocenters. The molecule has 6 nitrogen and oxygen atoms in total. The van der Waals surface area contributed by atoms with Crippen molar-refractivity contribution in [2.75, 3.05) is 0 Å². The molecule has 0 aliphatic rings. The van der Waals surface area contributed by atoms with Crippen molar-refractivity contribution in [3.05, 3.63) is 0 Å². The first-order valence-electron chi connectivity index (χ1n) is 26.4. The Morgan fingerprint density at radius 1 is 0.305 bits per heavy atom. The second kappa shape index (κ2) is 43.5. The van der Waals surface area contributed by atoms with Gasteiger partial charge in [0.1, 0.15) is 0 Å². The van der Waals surface area contributed by atoms with Crippen molar-refractivity contribution in [3.8, 4) is 0 Å². The van der Waals surface area contributed by atoms with Crippen LogP contribution in [0.3, 0.4) is 0 Å². The lowest BCUT2D eigenvalue weighted by Crippen LogP contribution is -2.63. The Morgan fingerprint density at radius 3 is 0.678 bits per heavy atom. The highest BCUT2D eigenvalue weighted by Crippen LogP contribution is 2.26. The van der Waals surface area contributed by atoms with E-state index in [1.165, 1.54) is 186 Å². The molecule has 0 heterocycles. The van der Waals surface area contributed by atoms with Gasteiger partial charge in [0.15, 0.2) is 35.2 Å². The summed E-state index contributed by atoms with van der Waals surface area (Å²) in [4.78, 5) is 40.0. The van der Waals surface area contributed by atoms with Crippen LogP contribution < -0.4 is 0 Å². The molecule has 3 atom stereocenters. The molecule has 0 aromatic carbocycles. The average molecular weight is 835 g/mol. The van der Waals surface area contributed by atoms with E-state index in [2.05, 4.69) is 20.8 Å². The van der Waals surface area contributed by atoms with Gasteiger partial charge in [-0.2, -0.15) is 0 Å². The number of Topliss-reactive ketones (excluding diaryl/α,β-unsaturated/α-hetero) is 3. The Kier molecular flexibility index (Phi) is 42.7. The van der Waals surface area contributed by atoms with Crippen molar-refractivity contribution in [1.29, 1.82) is 0 Å². The summed E-state index contributed by atoms with van der Waals surface area (Å²) in [6.45, 7) is 6.75. The van der Waals surface area contributed by atoms with Crippen LogP contribution in [0, 0.1) is 0 Å². The Labute approximate surface area is 367 Å². The quantitative estimate of drug-likeness (QED) is 0.0526. The molecule has 350 valence electrons. The monoisotopic (exact) mass is 835 g/mol. The summed E-state index contributed by atoms with van der Waals surface area (Å²) < 4.78 is 0. The molecule has 0 saturated carbocycles. The summed E-state index contributed by atoms with van der Waals surface area (Å²) in [5.74, 6) is -2.11. The first-order valence-corrected chi connectivity index (χ1v) is 26.4. The number of aliphatic hydroxyl groups excluding tert-OH is 2. The van der Waals surface area contributed by atoms with Gasteiger partial charge in [0.05, 0.1) is 0 Å². The molecule has 6 heteroatoms. The lowest BCUT2D eigenvalue weighted by molar-refractivity contribution is -0.181. The van der Waals surface area contributed by atoms with Crippen LogP contribution in [0.4, 0.5) is 0 Å². The second-order valence-corrected chi connectivity index (χ2v) is 18.7. The molecule has 0 aliphatic carbocycles. The molecule has 0 fully saturated rings. The van der Waals surface area contributed by atoms with Crippen LogP contribution in [-0.4, -0.2) is 50.5 Å². The molecule has 0 aromatic heterocycles. The molecule has 0 rings (SSSR count). The van der Waals surface area contributed by atoms with Crippen molar-refractivity contribution in [1.82, 2.24) is 0 Å². The third kappa shape index (κ3) is 33.2. The van der Waals surface area contributed by atoms with Gasteiger partial charge in [-0.25, -0.2) is 0 Å². The highest BCUT2D eigenvalue weighted by molar-refractivity contribution is 6.01. The standard InChI is InChI=1S/C53H102O6/c1-4-7-10-13-16-19-22-24-26-28-31-34-37-40-43-46-49(55)52(58)53(59,51(57)48(54)45-42-39-36-33-30-21-18-15-12-9-6-3)50(56)47-44-41-38-35-32-29-27-25-23-20-17-14-11-8-5-2/h51-52,57-59H,4-47H2,1-3H3. The average Bonchev–Trinajstić information content (AvgIpc) is 3.24. The number of hydrogen-bond acceptors (Lipinski definition) is 6. The molecule has 0 bridgehead atoms. The molecular weight excluding hydrogens is 733 g/mol. The predicted molar refractivity (Wildman–Crippen MR) is 252 cm³/mol. The molecule has 59 heavy (non-hydrogen) atoms. The Bertz CT molecular complexity index is 935. The number of ketones is 3. The minimum Gasteiger partial charge on any atom is -0.382 e. The summed E-state index contributed by atoms with van der Waals surface area (Å²) in [6, 6.07) is 0. The van der Waals surface area contributed by atoms with Crippen LogP contribution in [-0.2, 0) is 14.4 Å². The normalized spacial score (nSPS) is 13.7. The van der Waals surface area contributed by atoms with Gasteiger partial charge in [0.25, 0.3) is 0 Å². The van der Waals surface area contributed by atoms with Crippen molar-refractivity contribution >= 4 is 17.3 Å². The zero-order valence-electron chi connectivity index (χ0n) is 39.8. The molecular formula is C53H102O6. The van der Waals surface area contributed by atoms with E-state index in [0.29, 0.717) is 19.3 Å². The SMILES string of the molecule is CCCCCCCCCCCCCCCCCC(=O)C(O)C(O)(C(=O)CCCCCCCCCCCCCCCCC)C(O)C(=O)CCCCCCCCCCCCC. The van der Waals surface area contributed by atoms with Crippen molar-refractivity contribution < 1.29 is 29.7 Å². The zero-order chi connectivity index (χ0) is 43.5. The summed E-state index contributed by atoms with van der Waals surface area (Å²) in [5.41, 5.74) is -2.79. The largest absolute Gasteiger partial charge is 0.382 e. The van der Waals surface area contributed by atoms with E-state index in [1.807, 2.05) is 0 Å². The molecule has 0 saturated heterocycles. The van der Waals surface area contributed by atoms with Crippen LogP contribution in [0.15, 0.2) is 0 Å². The minimum atomic E-state index is -2.79. The third-order valence-corrected chi connectivity index (χ3v) is 13.0. The predicted octanol–water partition coefficient (Wildman–Crippen LogP) is 15.4. The van der Waals surface area contributed by atoms with Crippen LogP contribution in [0.2, 0.25) is 0 Å². The Hall–Kier alpha value is -1.11. The third-order valence-electron chi connectivity index (χ3n) is 13.0. The molecule has 3 N–H and O–H groups in total. The van der Waals surface area contributed by atoms with E-state index in [1.54, 1.807) is 0 Å². The van der Waals surface area contributed by atoms with Gasteiger partial charge in [0, 0.05) is 19.3 Å². The highest BCUT2D eigenvalue weighted by Gasteiger charge is 2.53. The topological polar surface area (TPSA) is 112 Å². The van der Waals surface area contributed by atoms with E-state index in [9.17, 15) is 29.7 Å². The fraction of sp³-hybridized carbons (Fsp3) is 0.943. The fourth-order valence-electron chi connectivity index (χ4n) is 8.71. The smallest absolute Gasteiger partial charge is 0.189 e. The first-order chi connectivity index (χ1) is 28.8. The number of carbonyl (C=O) groups is 3. The van der Waals surface area contributed by atoms with E-state index in [4.69, 9.17) is 0 Å². The van der Waals surface area contributed by atoms with Crippen molar-refractivity contribution in [2.45, 2.75) is 321 Å². The summed E-state index contributed by atoms with van der Waals surface area (Å²) >= 11 is 0. The van der Waals surface area contributed by atoms with Crippen LogP contribution in [0.1, 0.15) is 303 Å². The van der Waals surface area contributed by atoms with Gasteiger partial charge < -0.3 is 15.3 Å². The second-order valence-electron chi connectivity index (χ2n) is 18.7. The summed E-state index contributed by atoms with van der Waals surface area (Å²) in [6.07, 6.45) is 44.0. The molecule has 0 aliphatic heterocycles. The van der Waals surface area contributed by atoms with E-state index in [0.717, 1.165) is 57.8 Å². The number of rotatable bonds is 49. The van der Waals surface area contributed by atoms with Gasteiger partial charge in [-0.05, 0) is 19.3 Å². The minimum absolute atomic E-state index is 0.0205. The van der Waals surface area contributed by atoms with E-state index >= 15 is 0 Å². The maximum atomic E-state index is 13.6. The fourth-order valence-corrected chi connectivity index (χ4v) is 8.71. The van der Waals surface area contributed by atoms with Crippen LogP contribution in [0.5, 0.6) is 0 Å². The van der Waals surface area contributed by atoms with E-state index < -0.39 is 35.2 Å². The van der Waals surface area contributed by atoms with Gasteiger partial charge in [-0.1, -0.05) is 265 Å². The number of aliphatic hydroxyl groups is 3. The van der Waals surface area contributed by atoms with Gasteiger partial charge in [0.2, 0.25) is 0 Å². The number of unbranched alkanes of at least 4 members (excludes halogenated alkanes) is 38. The highest BCUT2D eigenvalue weighted by atomic mass is 16.4. The molecule has 0 aromatic rings. The van der Waals surface area contributed by atoms with Crippen LogP contribution >= 0.6 is 0 Å². The maximum Gasteiger partial charge on any atom is 0.189 e. The van der Waals surface area contributed by atoms with Gasteiger partial charge >= 0.3 is 0 Å². The lowest BCUT2D eigenvalue weighted by atomic mass is 9.78. The molecule has 0 radical (unpaired) electrons. The Morgan fingerprint density at radius 2 is 0.475 bits per heavy atom. The lowest BCUT2D eigenvalue weighted by Gasteiger charge is -2.34. The van der Waals surface area contributed by atoms with Crippen molar-refractivity contribution in [3.63, 3.8) is 0 Å². The number of hydrogen-bond donors (Lipinski definition) is 3. The van der Waals surface area contributed by atoms with Crippen molar-refractivity contribution in [2.24, 2.45) is 0 Å². The Balaban J connectivity index is 4.73. The molecule has 0 spiro atoms. The summed E-state index contributed by atoms with van der Waals surface area (Å²) in [7, 11) is 0. The number of carbonyl (C=O) groups excluding carboxylic acids is 3.